The molecule has 0 spiro atoms. The van der Waals surface area contributed by atoms with E-state index in [0.717, 1.165) is 12.8 Å². The molecule has 1 aromatic rings. The molecule has 0 unspecified atom stereocenters. The van der Waals surface area contributed by atoms with Crippen LogP contribution in [0.3, 0.4) is 0 Å². The van der Waals surface area contributed by atoms with Gasteiger partial charge in [-0.15, -0.1) is 0 Å². The highest BCUT2D eigenvalue weighted by Crippen LogP contribution is 2.17. The van der Waals surface area contributed by atoms with Crippen LogP contribution < -0.4 is 10.5 Å². The molecule has 1 rings (SSSR count). The van der Waals surface area contributed by atoms with Gasteiger partial charge in [0, 0.05) is 6.42 Å². The lowest BCUT2D eigenvalue weighted by molar-refractivity contribution is 0.0996. The van der Waals surface area contributed by atoms with Crippen LogP contribution in [-0.2, 0) is 0 Å². The number of nitrogens with zero attached hydrogens (tertiary/aromatic N) is 1. The largest absolute Gasteiger partial charge is 0.493 e. The lowest BCUT2D eigenvalue weighted by Crippen LogP contribution is -2.13. The molecule has 0 bridgehead atoms. The molecule has 1 aromatic carbocycles. The molecule has 0 heterocycles. The summed E-state index contributed by atoms with van der Waals surface area (Å²) < 4.78 is 5.43. The van der Waals surface area contributed by atoms with Crippen LogP contribution in [0.1, 0.15) is 29.6 Å². The second kappa shape index (κ2) is 6.46. The SMILES string of the molecule is N#CCCCCOc1ccccc1C(N)=O. The standard InChI is InChI=1S/C12H14N2O2/c13-8-4-1-5-9-16-11-7-3-2-6-10(11)12(14)15/h2-3,6-7H,1,4-5,9H2,(H2,14,15). The molecule has 0 atom stereocenters. The van der Waals surface area contributed by atoms with E-state index in [0.29, 0.717) is 24.3 Å². The zero-order chi connectivity index (χ0) is 11.8. The predicted molar refractivity (Wildman–Crippen MR) is 59.9 cm³/mol. The van der Waals surface area contributed by atoms with Crippen molar-refractivity contribution < 1.29 is 9.53 Å². The van der Waals surface area contributed by atoms with Gasteiger partial charge in [-0.25, -0.2) is 0 Å². The number of para-hydroxylation sites is 1. The third-order valence-electron chi connectivity index (χ3n) is 2.09. The summed E-state index contributed by atoms with van der Waals surface area (Å²) in [5, 5.41) is 8.35. The number of unbranched alkanes of at least 4 members (excludes halogenated alkanes) is 2. The van der Waals surface area contributed by atoms with Crippen LogP contribution in [-0.4, -0.2) is 12.5 Å². The molecule has 84 valence electrons. The molecular weight excluding hydrogens is 204 g/mol. The summed E-state index contributed by atoms with van der Waals surface area (Å²) in [5.41, 5.74) is 5.60. The van der Waals surface area contributed by atoms with Crippen molar-refractivity contribution in [1.82, 2.24) is 0 Å². The van der Waals surface area contributed by atoms with Gasteiger partial charge < -0.3 is 10.5 Å². The molecule has 0 aliphatic rings. The van der Waals surface area contributed by atoms with E-state index in [4.69, 9.17) is 15.7 Å². The van der Waals surface area contributed by atoms with E-state index in [-0.39, 0.29) is 0 Å². The smallest absolute Gasteiger partial charge is 0.252 e. The van der Waals surface area contributed by atoms with Crippen molar-refractivity contribution >= 4 is 5.91 Å². The average molecular weight is 218 g/mol. The van der Waals surface area contributed by atoms with Gasteiger partial charge in [0.25, 0.3) is 5.91 Å². The van der Waals surface area contributed by atoms with Crippen molar-refractivity contribution in [2.75, 3.05) is 6.61 Å². The number of amides is 1. The minimum absolute atomic E-state index is 0.391. The lowest BCUT2D eigenvalue weighted by atomic mass is 10.2. The summed E-state index contributed by atoms with van der Waals surface area (Å²) in [6, 6.07) is 8.94. The fourth-order valence-electron chi connectivity index (χ4n) is 1.28. The van der Waals surface area contributed by atoms with Gasteiger partial charge in [0.2, 0.25) is 0 Å². The van der Waals surface area contributed by atoms with E-state index in [2.05, 4.69) is 6.07 Å². The number of nitrogens with two attached hydrogens (primary N) is 1. The maximum absolute atomic E-state index is 11.1. The van der Waals surface area contributed by atoms with Crippen LogP contribution in [0.4, 0.5) is 0 Å². The first-order valence-electron chi connectivity index (χ1n) is 5.14. The minimum Gasteiger partial charge on any atom is -0.493 e. The third kappa shape index (κ3) is 3.62. The first-order chi connectivity index (χ1) is 7.75. The Bertz CT molecular complexity index is 396. The summed E-state index contributed by atoms with van der Waals surface area (Å²) in [6.45, 7) is 0.492. The van der Waals surface area contributed by atoms with Gasteiger partial charge >= 0.3 is 0 Å². The molecule has 4 nitrogen and oxygen atoms in total. The number of hydrogen-bond donors (Lipinski definition) is 1. The molecule has 4 heteroatoms. The minimum atomic E-state index is -0.493. The fraction of sp³-hybridized carbons (Fsp3) is 0.333. The Morgan fingerprint density at radius 2 is 2.12 bits per heavy atom. The molecule has 0 radical (unpaired) electrons. The lowest BCUT2D eigenvalue weighted by Gasteiger charge is -2.08. The van der Waals surface area contributed by atoms with Crippen LogP contribution in [0, 0.1) is 11.3 Å². The molecule has 2 N–H and O–H groups in total. The Kier molecular flexibility index (Phi) is 4.87. The molecule has 16 heavy (non-hydrogen) atoms. The first kappa shape index (κ1) is 12.1. The normalized spacial score (nSPS) is 9.44. The van der Waals surface area contributed by atoms with Crippen molar-refractivity contribution in [2.24, 2.45) is 5.73 Å². The van der Waals surface area contributed by atoms with E-state index in [1.165, 1.54) is 0 Å². The summed E-state index contributed by atoms with van der Waals surface area (Å²) in [5.74, 6) is 0.0135. The van der Waals surface area contributed by atoms with Crippen LogP contribution in [0.5, 0.6) is 5.75 Å². The molecular formula is C12H14N2O2. The Balaban J connectivity index is 2.47. The second-order valence-corrected chi connectivity index (χ2v) is 3.32. The maximum Gasteiger partial charge on any atom is 0.252 e. The van der Waals surface area contributed by atoms with Crippen LogP contribution >= 0.6 is 0 Å². The van der Waals surface area contributed by atoms with E-state index < -0.39 is 5.91 Å². The summed E-state index contributed by atoms with van der Waals surface area (Å²) in [7, 11) is 0. The van der Waals surface area contributed by atoms with Crippen molar-refractivity contribution in [3.63, 3.8) is 0 Å². The monoisotopic (exact) mass is 218 g/mol. The zero-order valence-electron chi connectivity index (χ0n) is 8.98. The van der Waals surface area contributed by atoms with Crippen molar-refractivity contribution in [3.05, 3.63) is 29.8 Å². The van der Waals surface area contributed by atoms with Gasteiger partial charge in [-0.2, -0.15) is 5.26 Å². The summed E-state index contributed by atoms with van der Waals surface area (Å²) in [4.78, 5) is 11.1. The molecule has 0 aliphatic carbocycles. The topological polar surface area (TPSA) is 76.1 Å². The Morgan fingerprint density at radius 1 is 1.38 bits per heavy atom. The zero-order valence-corrected chi connectivity index (χ0v) is 8.98. The number of benzene rings is 1. The number of nitriles is 1. The van der Waals surface area contributed by atoms with Gasteiger partial charge in [0.15, 0.2) is 0 Å². The predicted octanol–water partition coefficient (Wildman–Crippen LogP) is 1.86. The number of primary amides is 1. The van der Waals surface area contributed by atoms with E-state index >= 15 is 0 Å². The average Bonchev–Trinajstić information content (AvgIpc) is 2.29. The highest BCUT2D eigenvalue weighted by molar-refractivity contribution is 5.95. The van der Waals surface area contributed by atoms with Crippen LogP contribution in [0.15, 0.2) is 24.3 Å². The van der Waals surface area contributed by atoms with E-state index in [9.17, 15) is 4.79 Å². The van der Waals surface area contributed by atoms with Crippen LogP contribution in [0.2, 0.25) is 0 Å². The van der Waals surface area contributed by atoms with Crippen LogP contribution in [0.25, 0.3) is 0 Å². The quantitative estimate of drug-likeness (QED) is 0.740. The summed E-state index contributed by atoms with van der Waals surface area (Å²) in [6.07, 6.45) is 2.12. The van der Waals surface area contributed by atoms with Gasteiger partial charge in [-0.05, 0) is 25.0 Å². The Labute approximate surface area is 94.6 Å². The Hall–Kier alpha value is -2.02. The molecule has 0 aromatic heterocycles. The van der Waals surface area contributed by atoms with Gasteiger partial charge in [0.05, 0.1) is 18.2 Å². The fourth-order valence-corrected chi connectivity index (χ4v) is 1.28. The number of hydrogen-bond acceptors (Lipinski definition) is 3. The molecule has 0 saturated carbocycles. The van der Waals surface area contributed by atoms with E-state index in [1.54, 1.807) is 24.3 Å². The molecule has 0 saturated heterocycles. The van der Waals surface area contributed by atoms with E-state index in [1.807, 2.05) is 0 Å². The maximum atomic E-state index is 11.1. The van der Waals surface area contributed by atoms with Crippen molar-refractivity contribution in [2.45, 2.75) is 19.3 Å². The number of rotatable bonds is 6. The van der Waals surface area contributed by atoms with Gasteiger partial charge in [0.1, 0.15) is 5.75 Å². The third-order valence-corrected chi connectivity index (χ3v) is 2.09. The highest BCUT2D eigenvalue weighted by atomic mass is 16.5. The number of carbonyl (C=O) groups excluding carboxylic acids is 1. The molecule has 1 amide bonds. The Morgan fingerprint density at radius 3 is 2.81 bits per heavy atom. The van der Waals surface area contributed by atoms with Crippen molar-refractivity contribution in [3.8, 4) is 11.8 Å². The summed E-state index contributed by atoms with van der Waals surface area (Å²) >= 11 is 0. The van der Waals surface area contributed by atoms with Gasteiger partial charge in [-0.3, -0.25) is 4.79 Å². The molecule has 0 aliphatic heterocycles. The second-order valence-electron chi connectivity index (χ2n) is 3.32. The molecule has 0 fully saturated rings. The number of ether oxygens (including phenoxy) is 1. The number of carbonyl (C=O) groups is 1. The van der Waals surface area contributed by atoms with Gasteiger partial charge in [-0.1, -0.05) is 12.1 Å². The highest BCUT2D eigenvalue weighted by Gasteiger charge is 2.07. The van der Waals surface area contributed by atoms with Crippen molar-refractivity contribution in [1.29, 1.82) is 5.26 Å². The first-order valence-corrected chi connectivity index (χ1v) is 5.14.